The van der Waals surface area contributed by atoms with Gasteiger partial charge in [-0.1, -0.05) is 5.16 Å². The molecule has 0 atom stereocenters. The quantitative estimate of drug-likeness (QED) is 0.652. The Bertz CT molecular complexity index is 1020. The number of primary amides is 1. The van der Waals surface area contributed by atoms with E-state index in [-0.39, 0.29) is 23.3 Å². The van der Waals surface area contributed by atoms with Gasteiger partial charge in [0.2, 0.25) is 5.95 Å². The lowest BCUT2D eigenvalue weighted by Crippen LogP contribution is -2.37. The van der Waals surface area contributed by atoms with Gasteiger partial charge >= 0.3 is 6.03 Å². The summed E-state index contributed by atoms with van der Waals surface area (Å²) in [5.74, 6) is -1.39. The highest BCUT2D eigenvalue weighted by molar-refractivity contribution is 5.88. The largest absolute Gasteiger partial charge is 0.392 e. The van der Waals surface area contributed by atoms with E-state index in [1.165, 1.54) is 0 Å². The summed E-state index contributed by atoms with van der Waals surface area (Å²) in [5.41, 5.74) is 5.90. The van der Waals surface area contributed by atoms with Crippen molar-refractivity contribution in [3.63, 3.8) is 0 Å². The topological polar surface area (TPSA) is 106 Å². The number of halogens is 3. The molecule has 2 aliphatic rings. The van der Waals surface area contributed by atoms with Crippen LogP contribution in [0.3, 0.4) is 0 Å². The molecule has 1 aromatic carbocycles. The summed E-state index contributed by atoms with van der Waals surface area (Å²) in [5, 5.41) is 6.40. The van der Waals surface area contributed by atoms with Crippen molar-refractivity contribution in [3.05, 3.63) is 47.5 Å². The standard InChI is InChI=1S/C22H25F3N6O2/c23-14-11-27-22(28-12-14)31-7-5-16(6-8-31)33-30-15-3-1-13(2-4-15)17-9-19(25)20(10-18(17)24)29-21(26)32/h9-13,16H,1-8H2,(H3,26,29,32). The number of rotatable bonds is 5. The van der Waals surface area contributed by atoms with Crippen molar-refractivity contribution >= 4 is 23.4 Å². The van der Waals surface area contributed by atoms with E-state index in [2.05, 4.69) is 20.4 Å². The number of nitrogens with one attached hydrogen (secondary N) is 1. The monoisotopic (exact) mass is 462 g/mol. The highest BCUT2D eigenvalue weighted by atomic mass is 19.1. The number of amides is 2. The van der Waals surface area contributed by atoms with Crippen LogP contribution in [0.15, 0.2) is 29.7 Å². The third kappa shape index (κ3) is 5.71. The van der Waals surface area contributed by atoms with Gasteiger partial charge in [-0.25, -0.2) is 27.9 Å². The van der Waals surface area contributed by atoms with E-state index in [0.29, 0.717) is 44.7 Å². The van der Waals surface area contributed by atoms with Gasteiger partial charge in [0.15, 0.2) is 5.82 Å². The first-order valence-electron chi connectivity index (χ1n) is 10.9. The lowest BCUT2D eigenvalue weighted by Gasteiger charge is -2.31. The molecule has 176 valence electrons. The van der Waals surface area contributed by atoms with Crippen LogP contribution in [-0.2, 0) is 4.84 Å². The van der Waals surface area contributed by atoms with Crippen LogP contribution in [-0.4, -0.2) is 40.9 Å². The number of anilines is 2. The van der Waals surface area contributed by atoms with Crippen LogP contribution in [0.2, 0.25) is 0 Å². The zero-order valence-electron chi connectivity index (χ0n) is 17.9. The maximum absolute atomic E-state index is 14.5. The molecule has 0 spiro atoms. The predicted octanol–water partition coefficient (Wildman–Crippen LogP) is 4.08. The van der Waals surface area contributed by atoms with Gasteiger partial charge < -0.3 is 20.8 Å². The Hall–Kier alpha value is -3.37. The van der Waals surface area contributed by atoms with Gasteiger partial charge in [0.05, 0.1) is 23.8 Å². The highest BCUT2D eigenvalue weighted by Crippen LogP contribution is 2.35. The van der Waals surface area contributed by atoms with Gasteiger partial charge in [-0.3, -0.25) is 0 Å². The Morgan fingerprint density at radius 1 is 1.06 bits per heavy atom. The fourth-order valence-corrected chi connectivity index (χ4v) is 4.24. The van der Waals surface area contributed by atoms with Crippen molar-refractivity contribution < 1.29 is 22.8 Å². The molecule has 3 N–H and O–H groups in total. The second-order valence-electron chi connectivity index (χ2n) is 8.27. The van der Waals surface area contributed by atoms with E-state index < -0.39 is 23.5 Å². The number of urea groups is 1. The molecule has 1 aliphatic carbocycles. The number of hydrogen-bond donors (Lipinski definition) is 2. The van der Waals surface area contributed by atoms with Crippen LogP contribution >= 0.6 is 0 Å². The van der Waals surface area contributed by atoms with E-state index in [1.807, 2.05) is 4.90 Å². The zero-order chi connectivity index (χ0) is 23.4. The lowest BCUT2D eigenvalue weighted by atomic mass is 9.83. The third-order valence-electron chi connectivity index (χ3n) is 6.01. The maximum atomic E-state index is 14.5. The summed E-state index contributed by atoms with van der Waals surface area (Å²) in [6.45, 7) is 1.38. The third-order valence-corrected chi connectivity index (χ3v) is 6.01. The van der Waals surface area contributed by atoms with Crippen molar-refractivity contribution in [1.29, 1.82) is 0 Å². The average molecular weight is 462 g/mol. The minimum Gasteiger partial charge on any atom is -0.392 e. The summed E-state index contributed by atoms with van der Waals surface area (Å²) in [7, 11) is 0. The van der Waals surface area contributed by atoms with Crippen LogP contribution in [0.25, 0.3) is 0 Å². The van der Waals surface area contributed by atoms with Crippen LogP contribution in [0.5, 0.6) is 0 Å². The molecule has 1 saturated heterocycles. The van der Waals surface area contributed by atoms with Crippen molar-refractivity contribution in [1.82, 2.24) is 9.97 Å². The van der Waals surface area contributed by atoms with Gasteiger partial charge in [-0.05, 0) is 43.2 Å². The number of benzene rings is 1. The zero-order valence-corrected chi connectivity index (χ0v) is 17.9. The van der Waals surface area contributed by atoms with E-state index in [0.717, 1.165) is 43.1 Å². The molecule has 1 aliphatic heterocycles. The van der Waals surface area contributed by atoms with Gasteiger partial charge in [0, 0.05) is 32.0 Å². The molecule has 1 aromatic heterocycles. The minimum absolute atomic E-state index is 0.0243. The highest BCUT2D eigenvalue weighted by Gasteiger charge is 2.26. The Morgan fingerprint density at radius 2 is 1.73 bits per heavy atom. The molecule has 33 heavy (non-hydrogen) atoms. The van der Waals surface area contributed by atoms with Gasteiger partial charge in [-0.15, -0.1) is 0 Å². The number of hydrogen-bond acceptors (Lipinski definition) is 6. The molecule has 0 bridgehead atoms. The molecule has 2 fully saturated rings. The molecule has 4 rings (SSSR count). The molecular formula is C22H25F3N6O2. The summed E-state index contributed by atoms with van der Waals surface area (Å²) < 4.78 is 41.7. The maximum Gasteiger partial charge on any atom is 0.316 e. The van der Waals surface area contributed by atoms with E-state index in [1.54, 1.807) is 0 Å². The minimum atomic E-state index is -0.950. The fraction of sp³-hybridized carbons (Fsp3) is 0.455. The van der Waals surface area contributed by atoms with Crippen LogP contribution in [0, 0.1) is 17.5 Å². The van der Waals surface area contributed by atoms with Crippen LogP contribution in [0.4, 0.5) is 29.6 Å². The Balaban J connectivity index is 1.26. The summed E-state index contributed by atoms with van der Waals surface area (Å²) in [4.78, 5) is 26.6. The van der Waals surface area contributed by atoms with E-state index in [4.69, 9.17) is 10.6 Å². The molecule has 2 amide bonds. The molecule has 0 radical (unpaired) electrons. The Labute approximate surface area is 189 Å². The first kappa shape index (κ1) is 22.8. The first-order valence-corrected chi connectivity index (χ1v) is 10.9. The van der Waals surface area contributed by atoms with E-state index >= 15 is 0 Å². The number of carbonyl (C=O) groups excluding carboxylic acids is 1. The summed E-state index contributed by atoms with van der Waals surface area (Å²) >= 11 is 0. The van der Waals surface area contributed by atoms with Crippen molar-refractivity contribution in [3.8, 4) is 0 Å². The second kappa shape index (κ2) is 10.1. The van der Waals surface area contributed by atoms with Crippen LogP contribution < -0.4 is 16.0 Å². The molecule has 0 unspecified atom stereocenters. The summed E-state index contributed by atoms with van der Waals surface area (Å²) in [6, 6.07) is 1.14. The molecule has 11 heteroatoms. The molecule has 2 aromatic rings. The SMILES string of the molecule is NC(=O)Nc1cc(F)c(C2CCC(=NOC3CCN(c4ncc(F)cn4)CC3)CC2)cc1F. The van der Waals surface area contributed by atoms with Crippen molar-refractivity contribution in [2.24, 2.45) is 10.9 Å². The number of nitrogens with two attached hydrogens (primary N) is 1. The second-order valence-corrected chi connectivity index (χ2v) is 8.27. The van der Waals surface area contributed by atoms with Crippen molar-refractivity contribution in [2.45, 2.75) is 50.5 Å². The van der Waals surface area contributed by atoms with Crippen LogP contribution in [0.1, 0.15) is 50.0 Å². The predicted molar refractivity (Wildman–Crippen MR) is 117 cm³/mol. The van der Waals surface area contributed by atoms with Crippen molar-refractivity contribution in [2.75, 3.05) is 23.3 Å². The van der Waals surface area contributed by atoms with Gasteiger partial charge in [-0.2, -0.15) is 0 Å². The number of oxime groups is 1. The Kier molecular flexibility index (Phi) is 6.95. The fourth-order valence-electron chi connectivity index (χ4n) is 4.24. The Morgan fingerprint density at radius 3 is 2.36 bits per heavy atom. The number of carbonyl (C=O) groups is 1. The number of nitrogens with zero attached hydrogens (tertiary/aromatic N) is 4. The van der Waals surface area contributed by atoms with E-state index in [9.17, 15) is 18.0 Å². The number of piperidine rings is 1. The lowest BCUT2D eigenvalue weighted by molar-refractivity contribution is 0.0406. The first-order chi connectivity index (χ1) is 15.9. The molecule has 8 nitrogen and oxygen atoms in total. The normalized spacial score (nSPS) is 19.3. The van der Waals surface area contributed by atoms with Gasteiger partial charge in [0.1, 0.15) is 17.7 Å². The van der Waals surface area contributed by atoms with Gasteiger partial charge in [0.25, 0.3) is 0 Å². The average Bonchev–Trinajstić information content (AvgIpc) is 2.81. The smallest absolute Gasteiger partial charge is 0.316 e. The molecular weight excluding hydrogens is 437 g/mol. The molecule has 2 heterocycles. The number of aromatic nitrogens is 2. The summed E-state index contributed by atoms with van der Waals surface area (Å²) in [6.07, 6.45) is 6.29. The molecule has 1 saturated carbocycles.